The fourth-order valence-electron chi connectivity index (χ4n) is 3.60. The SMILES string of the molecule is C1=CCC=C1.C1CCC(C2CCCCC2)CC1. The molecule has 0 saturated heterocycles. The maximum atomic E-state index is 2.12. The largest absolute Gasteiger partial charge is 0.0808 e. The summed E-state index contributed by atoms with van der Waals surface area (Å²) in [5, 5.41) is 0. The quantitative estimate of drug-likeness (QED) is 0.548. The molecule has 0 bridgehead atoms. The van der Waals surface area contributed by atoms with E-state index in [0.717, 1.165) is 18.3 Å². The smallest absolute Gasteiger partial charge is 0.0163 e. The average molecular weight is 232 g/mol. The first-order valence-electron chi connectivity index (χ1n) is 7.78. The summed E-state index contributed by atoms with van der Waals surface area (Å²) in [6.45, 7) is 0. The van der Waals surface area contributed by atoms with Gasteiger partial charge in [0.2, 0.25) is 0 Å². The average Bonchev–Trinajstić information content (AvgIpc) is 3.00. The highest BCUT2D eigenvalue weighted by molar-refractivity contribution is 5.11. The molecule has 0 aliphatic heterocycles. The third-order valence-corrected chi connectivity index (χ3v) is 4.62. The van der Waals surface area contributed by atoms with Crippen LogP contribution in [0.5, 0.6) is 0 Å². The first kappa shape index (κ1) is 12.9. The summed E-state index contributed by atoms with van der Waals surface area (Å²) >= 11 is 0. The third-order valence-electron chi connectivity index (χ3n) is 4.62. The Labute approximate surface area is 107 Å². The molecule has 0 nitrogen and oxygen atoms in total. The second-order valence-corrected chi connectivity index (χ2v) is 5.89. The second kappa shape index (κ2) is 7.74. The lowest BCUT2D eigenvalue weighted by atomic mass is 9.73. The van der Waals surface area contributed by atoms with Crippen molar-refractivity contribution in [1.29, 1.82) is 0 Å². The molecule has 0 aromatic rings. The van der Waals surface area contributed by atoms with Crippen molar-refractivity contribution >= 4 is 0 Å². The summed E-state index contributed by atoms with van der Waals surface area (Å²) in [6.07, 6.45) is 24.9. The first-order chi connectivity index (χ1) is 8.47. The van der Waals surface area contributed by atoms with E-state index < -0.39 is 0 Å². The number of hydrogen-bond acceptors (Lipinski definition) is 0. The Morgan fingerprint density at radius 3 is 1.24 bits per heavy atom. The summed E-state index contributed by atoms with van der Waals surface area (Å²) in [5.74, 6) is 2.28. The van der Waals surface area contributed by atoms with E-state index >= 15 is 0 Å². The van der Waals surface area contributed by atoms with Crippen molar-refractivity contribution in [3.05, 3.63) is 24.3 Å². The zero-order chi connectivity index (χ0) is 11.8. The van der Waals surface area contributed by atoms with Crippen LogP contribution in [0.1, 0.15) is 70.6 Å². The van der Waals surface area contributed by atoms with Gasteiger partial charge in [-0.05, 0) is 18.3 Å². The van der Waals surface area contributed by atoms with Crippen LogP contribution >= 0.6 is 0 Å². The van der Waals surface area contributed by atoms with Gasteiger partial charge in [0.15, 0.2) is 0 Å². The normalized spacial score (nSPS) is 25.6. The van der Waals surface area contributed by atoms with Gasteiger partial charge in [-0.1, -0.05) is 88.5 Å². The van der Waals surface area contributed by atoms with Gasteiger partial charge in [0, 0.05) is 0 Å². The van der Waals surface area contributed by atoms with Crippen LogP contribution in [0.3, 0.4) is 0 Å². The van der Waals surface area contributed by atoms with Crippen molar-refractivity contribution in [1.82, 2.24) is 0 Å². The Balaban J connectivity index is 0.000000181. The van der Waals surface area contributed by atoms with Crippen LogP contribution < -0.4 is 0 Å². The molecular formula is C17H28. The molecule has 3 rings (SSSR count). The Morgan fingerprint density at radius 2 is 0.941 bits per heavy atom. The predicted octanol–water partition coefficient (Wildman–Crippen LogP) is 5.65. The third kappa shape index (κ3) is 4.69. The molecule has 0 aromatic carbocycles. The highest BCUT2D eigenvalue weighted by atomic mass is 14.3. The van der Waals surface area contributed by atoms with E-state index in [9.17, 15) is 0 Å². The minimum Gasteiger partial charge on any atom is -0.0808 e. The van der Waals surface area contributed by atoms with Gasteiger partial charge in [0.05, 0.1) is 0 Å². The van der Waals surface area contributed by atoms with E-state index in [1.807, 2.05) is 0 Å². The standard InChI is InChI=1S/C12H22.C5H6/c1-3-7-11(8-4-1)12-9-5-2-6-10-12;1-2-4-5-3-1/h11-12H,1-10H2;1-4H,5H2. The van der Waals surface area contributed by atoms with Crippen molar-refractivity contribution in [3.63, 3.8) is 0 Å². The molecule has 0 N–H and O–H groups in total. The molecule has 3 aliphatic carbocycles. The van der Waals surface area contributed by atoms with E-state index in [-0.39, 0.29) is 0 Å². The summed E-state index contributed by atoms with van der Waals surface area (Å²) in [6, 6.07) is 0. The molecule has 0 radical (unpaired) electrons. The zero-order valence-electron chi connectivity index (χ0n) is 11.2. The molecule has 0 aromatic heterocycles. The molecule has 0 heterocycles. The second-order valence-electron chi connectivity index (χ2n) is 5.89. The van der Waals surface area contributed by atoms with Gasteiger partial charge in [-0.3, -0.25) is 0 Å². The van der Waals surface area contributed by atoms with Crippen molar-refractivity contribution in [3.8, 4) is 0 Å². The molecule has 0 spiro atoms. The van der Waals surface area contributed by atoms with Gasteiger partial charge in [-0.25, -0.2) is 0 Å². The minimum absolute atomic E-state index is 1.14. The molecule has 3 aliphatic rings. The summed E-state index contributed by atoms with van der Waals surface area (Å²) in [7, 11) is 0. The fourth-order valence-corrected chi connectivity index (χ4v) is 3.60. The molecule has 17 heavy (non-hydrogen) atoms. The van der Waals surface area contributed by atoms with E-state index in [1.54, 1.807) is 25.7 Å². The topological polar surface area (TPSA) is 0 Å². The van der Waals surface area contributed by atoms with Crippen molar-refractivity contribution in [2.24, 2.45) is 11.8 Å². The van der Waals surface area contributed by atoms with Crippen LogP contribution in [0.15, 0.2) is 24.3 Å². The van der Waals surface area contributed by atoms with Crippen LogP contribution in [0, 0.1) is 11.8 Å². The van der Waals surface area contributed by atoms with E-state index in [4.69, 9.17) is 0 Å². The highest BCUT2D eigenvalue weighted by Gasteiger charge is 2.24. The lowest BCUT2D eigenvalue weighted by Crippen LogP contribution is -2.20. The van der Waals surface area contributed by atoms with Gasteiger partial charge < -0.3 is 0 Å². The minimum atomic E-state index is 1.14. The van der Waals surface area contributed by atoms with Crippen LogP contribution in [0.25, 0.3) is 0 Å². The van der Waals surface area contributed by atoms with Gasteiger partial charge in [0.25, 0.3) is 0 Å². The molecular weight excluding hydrogens is 204 g/mol. The van der Waals surface area contributed by atoms with Crippen LogP contribution in [0.2, 0.25) is 0 Å². The molecule has 0 atom stereocenters. The number of allylic oxidation sites excluding steroid dienone is 4. The zero-order valence-corrected chi connectivity index (χ0v) is 11.2. The van der Waals surface area contributed by atoms with E-state index in [1.165, 1.54) is 38.5 Å². The molecule has 2 saturated carbocycles. The molecule has 2 fully saturated rings. The van der Waals surface area contributed by atoms with Crippen LogP contribution in [-0.2, 0) is 0 Å². The van der Waals surface area contributed by atoms with Gasteiger partial charge in [0.1, 0.15) is 0 Å². The maximum Gasteiger partial charge on any atom is -0.0163 e. The Bertz CT molecular complexity index is 211. The monoisotopic (exact) mass is 232 g/mol. The Kier molecular flexibility index (Phi) is 5.88. The maximum absolute atomic E-state index is 2.12. The lowest BCUT2D eigenvalue weighted by Gasteiger charge is -2.32. The molecule has 0 unspecified atom stereocenters. The van der Waals surface area contributed by atoms with Gasteiger partial charge in [-0.15, -0.1) is 0 Å². The first-order valence-corrected chi connectivity index (χ1v) is 7.78. The van der Waals surface area contributed by atoms with E-state index in [0.29, 0.717) is 0 Å². The molecule has 0 heteroatoms. The van der Waals surface area contributed by atoms with Crippen molar-refractivity contribution < 1.29 is 0 Å². The van der Waals surface area contributed by atoms with Crippen molar-refractivity contribution in [2.45, 2.75) is 70.6 Å². The summed E-state index contributed by atoms with van der Waals surface area (Å²) in [4.78, 5) is 0. The Hall–Kier alpha value is -0.520. The summed E-state index contributed by atoms with van der Waals surface area (Å²) < 4.78 is 0. The lowest BCUT2D eigenvalue weighted by molar-refractivity contribution is 0.196. The predicted molar refractivity (Wildman–Crippen MR) is 76.0 cm³/mol. The van der Waals surface area contributed by atoms with Crippen LogP contribution in [0.4, 0.5) is 0 Å². The van der Waals surface area contributed by atoms with Crippen molar-refractivity contribution in [2.75, 3.05) is 0 Å². The fraction of sp³-hybridized carbons (Fsp3) is 0.765. The van der Waals surface area contributed by atoms with Gasteiger partial charge in [-0.2, -0.15) is 0 Å². The molecule has 0 amide bonds. The number of hydrogen-bond donors (Lipinski definition) is 0. The van der Waals surface area contributed by atoms with Crippen LogP contribution in [-0.4, -0.2) is 0 Å². The Morgan fingerprint density at radius 1 is 0.529 bits per heavy atom. The van der Waals surface area contributed by atoms with E-state index in [2.05, 4.69) is 24.3 Å². The van der Waals surface area contributed by atoms with Gasteiger partial charge >= 0.3 is 0 Å². The number of rotatable bonds is 1. The summed E-state index contributed by atoms with van der Waals surface area (Å²) in [5.41, 5.74) is 0. The highest BCUT2D eigenvalue weighted by Crippen LogP contribution is 2.37. The molecule has 96 valence electrons.